The summed E-state index contributed by atoms with van der Waals surface area (Å²) in [6.07, 6.45) is 1.85. The van der Waals surface area contributed by atoms with Gasteiger partial charge in [-0.1, -0.05) is 96.6 Å². The smallest absolute Gasteiger partial charge is 0.301 e. The van der Waals surface area contributed by atoms with Crippen LogP contribution in [0.3, 0.4) is 0 Å². The Labute approximate surface area is 305 Å². The lowest BCUT2D eigenvalue weighted by Gasteiger charge is -2.23. The maximum Gasteiger partial charge on any atom is 0.301 e. The van der Waals surface area contributed by atoms with Crippen LogP contribution >= 0.6 is 23.1 Å². The Balaban J connectivity index is 1.34. The Kier molecular flexibility index (Phi) is 11.4. The SMILES string of the molecule is CCCCOc1ccc(C2/C(=C(\O)c3ccc(OCc4ccccc4C)cc3)C(=O)C(=O)N2c2nnc(SCc3ccc(C)cc3)s2)cc1OC. The fourth-order valence-electron chi connectivity index (χ4n) is 5.63. The first-order valence-corrected chi connectivity index (χ1v) is 18.5. The highest BCUT2D eigenvalue weighted by molar-refractivity contribution is 8.00. The lowest BCUT2D eigenvalue weighted by molar-refractivity contribution is -0.132. The summed E-state index contributed by atoms with van der Waals surface area (Å²) in [4.78, 5) is 29.0. The van der Waals surface area contributed by atoms with E-state index in [2.05, 4.69) is 41.4 Å². The number of aliphatic hydroxyl groups excluding tert-OH is 1. The molecule has 5 aromatic rings. The van der Waals surface area contributed by atoms with Gasteiger partial charge >= 0.3 is 5.91 Å². The van der Waals surface area contributed by atoms with Crippen molar-refractivity contribution in [1.82, 2.24) is 10.2 Å². The molecule has 0 spiro atoms. The number of nitrogens with zero attached hydrogens (tertiary/aromatic N) is 3. The zero-order valence-electron chi connectivity index (χ0n) is 28.9. The molecular formula is C40H39N3O6S2. The van der Waals surface area contributed by atoms with Crippen molar-refractivity contribution in [3.05, 3.63) is 130 Å². The second-order valence-corrected chi connectivity index (χ2v) is 14.3. The highest BCUT2D eigenvalue weighted by Crippen LogP contribution is 2.45. The van der Waals surface area contributed by atoms with Gasteiger partial charge < -0.3 is 19.3 Å². The molecule has 0 radical (unpaired) electrons. The largest absolute Gasteiger partial charge is 0.507 e. The molecule has 0 saturated carbocycles. The molecule has 1 aliphatic heterocycles. The van der Waals surface area contributed by atoms with Gasteiger partial charge in [-0.05, 0) is 78.9 Å². The number of ketones is 1. The molecule has 1 N–H and O–H groups in total. The first-order valence-electron chi connectivity index (χ1n) is 16.7. The Bertz CT molecular complexity index is 2040. The Morgan fingerprint density at radius 1 is 0.922 bits per heavy atom. The topological polar surface area (TPSA) is 111 Å². The number of unbranched alkanes of at least 4 members (excludes halogenated alkanes) is 1. The van der Waals surface area contributed by atoms with E-state index < -0.39 is 17.7 Å². The van der Waals surface area contributed by atoms with Crippen molar-refractivity contribution in [2.24, 2.45) is 0 Å². The molecule has 9 nitrogen and oxygen atoms in total. The predicted molar refractivity (Wildman–Crippen MR) is 201 cm³/mol. The van der Waals surface area contributed by atoms with Gasteiger partial charge in [0.2, 0.25) is 5.13 Å². The van der Waals surface area contributed by atoms with Crippen LogP contribution < -0.4 is 19.1 Å². The zero-order chi connectivity index (χ0) is 35.9. The Morgan fingerprint density at radius 2 is 1.69 bits per heavy atom. The number of aliphatic hydroxyl groups is 1. The summed E-state index contributed by atoms with van der Waals surface area (Å²) < 4.78 is 18.3. The van der Waals surface area contributed by atoms with Crippen LogP contribution in [-0.4, -0.2) is 40.7 Å². The van der Waals surface area contributed by atoms with Gasteiger partial charge in [-0.3, -0.25) is 14.5 Å². The third-order valence-corrected chi connectivity index (χ3v) is 10.7. The standard InChI is InChI=1S/C40H39N3O6S2/c1-5-6-21-48-32-20-17-29(22-33(32)47-4)35-34(36(44)28-15-18-31(19-16-28)49-23-30-10-8-7-9-26(30)3)37(45)38(46)43(35)39-41-42-40(51-39)50-24-27-13-11-25(2)12-14-27/h7-20,22,35,44H,5-6,21,23-24H2,1-4H3/b36-34+. The van der Waals surface area contributed by atoms with E-state index in [0.717, 1.165) is 29.5 Å². The molecule has 1 unspecified atom stereocenters. The van der Waals surface area contributed by atoms with Gasteiger partial charge in [0.15, 0.2) is 15.8 Å². The monoisotopic (exact) mass is 721 g/mol. The minimum atomic E-state index is -1.01. The number of rotatable bonds is 14. The number of carbonyl (C=O) groups is 2. The molecule has 1 aliphatic rings. The molecule has 11 heteroatoms. The summed E-state index contributed by atoms with van der Waals surface area (Å²) in [5.74, 6) is 0.289. The minimum Gasteiger partial charge on any atom is -0.507 e. The van der Waals surface area contributed by atoms with Crippen LogP contribution in [0.2, 0.25) is 0 Å². The fraction of sp³-hybridized carbons (Fsp3) is 0.250. The molecule has 0 aliphatic carbocycles. The molecule has 6 rings (SSSR count). The van der Waals surface area contributed by atoms with Gasteiger partial charge in [-0.2, -0.15) is 0 Å². The number of anilines is 1. The van der Waals surface area contributed by atoms with Crippen molar-refractivity contribution in [2.75, 3.05) is 18.6 Å². The average molecular weight is 722 g/mol. The number of hydrogen-bond donors (Lipinski definition) is 1. The van der Waals surface area contributed by atoms with Crippen molar-refractivity contribution in [1.29, 1.82) is 0 Å². The number of Topliss-reactive ketones (excluding diaryl/α,β-unsaturated/α-hetero) is 1. The van der Waals surface area contributed by atoms with Crippen molar-refractivity contribution >= 4 is 45.7 Å². The highest BCUT2D eigenvalue weighted by atomic mass is 32.2. The zero-order valence-corrected chi connectivity index (χ0v) is 30.6. The summed E-state index contributed by atoms with van der Waals surface area (Å²) in [6.45, 7) is 7.05. The molecule has 0 bridgehead atoms. The van der Waals surface area contributed by atoms with Crippen LogP contribution in [0.25, 0.3) is 5.76 Å². The van der Waals surface area contributed by atoms with E-state index in [-0.39, 0.29) is 16.5 Å². The van der Waals surface area contributed by atoms with Crippen molar-refractivity contribution in [3.8, 4) is 17.2 Å². The molecular weight excluding hydrogens is 683 g/mol. The number of hydrogen-bond acceptors (Lipinski definition) is 10. The van der Waals surface area contributed by atoms with Crippen LogP contribution in [0.4, 0.5) is 5.13 Å². The van der Waals surface area contributed by atoms with Crippen molar-refractivity contribution in [2.45, 2.75) is 56.4 Å². The number of benzene rings is 4. The molecule has 1 fully saturated rings. The molecule has 2 heterocycles. The highest BCUT2D eigenvalue weighted by Gasteiger charge is 2.48. The second-order valence-electron chi connectivity index (χ2n) is 12.1. The molecule has 51 heavy (non-hydrogen) atoms. The van der Waals surface area contributed by atoms with Crippen LogP contribution in [0, 0.1) is 13.8 Å². The average Bonchev–Trinajstić information content (AvgIpc) is 3.72. The molecule has 4 aromatic carbocycles. The van der Waals surface area contributed by atoms with Crippen molar-refractivity contribution in [3.63, 3.8) is 0 Å². The summed E-state index contributed by atoms with van der Waals surface area (Å²) >= 11 is 2.71. The van der Waals surface area contributed by atoms with Gasteiger partial charge in [0.1, 0.15) is 18.1 Å². The van der Waals surface area contributed by atoms with Crippen LogP contribution in [0.1, 0.15) is 59.2 Å². The van der Waals surface area contributed by atoms with E-state index >= 15 is 0 Å². The number of aryl methyl sites for hydroxylation is 2. The summed E-state index contributed by atoms with van der Waals surface area (Å²) in [5, 5.41) is 20.7. The summed E-state index contributed by atoms with van der Waals surface area (Å²) in [5.41, 5.74) is 5.33. The van der Waals surface area contributed by atoms with Gasteiger partial charge in [-0.25, -0.2) is 0 Å². The molecule has 1 amide bonds. The number of methoxy groups -OCH3 is 1. The summed E-state index contributed by atoms with van der Waals surface area (Å²) in [6, 6.07) is 27.3. The third-order valence-electron chi connectivity index (χ3n) is 8.57. The van der Waals surface area contributed by atoms with Crippen molar-refractivity contribution < 1.29 is 28.9 Å². The van der Waals surface area contributed by atoms with Crippen LogP contribution in [0.5, 0.6) is 17.2 Å². The van der Waals surface area contributed by atoms with E-state index in [1.165, 1.54) is 40.7 Å². The third kappa shape index (κ3) is 8.10. The predicted octanol–water partition coefficient (Wildman–Crippen LogP) is 8.84. The number of ether oxygens (including phenoxy) is 3. The molecule has 1 atom stereocenters. The maximum atomic E-state index is 13.8. The quantitative estimate of drug-likeness (QED) is 0.0300. The fourth-order valence-corrected chi connectivity index (χ4v) is 7.45. The lowest BCUT2D eigenvalue weighted by Crippen LogP contribution is -2.29. The number of carbonyl (C=O) groups excluding carboxylic acids is 2. The van der Waals surface area contributed by atoms with E-state index in [0.29, 0.717) is 51.7 Å². The molecule has 1 saturated heterocycles. The van der Waals surface area contributed by atoms with Gasteiger partial charge in [-0.15, -0.1) is 10.2 Å². The number of amides is 1. The van der Waals surface area contributed by atoms with Gasteiger partial charge in [0, 0.05) is 11.3 Å². The van der Waals surface area contributed by atoms with E-state index in [1.54, 1.807) is 42.5 Å². The second kappa shape index (κ2) is 16.3. The minimum absolute atomic E-state index is 0.0701. The Morgan fingerprint density at radius 3 is 2.41 bits per heavy atom. The normalized spacial score (nSPS) is 15.3. The number of thioether (sulfide) groups is 1. The van der Waals surface area contributed by atoms with E-state index in [1.807, 2.05) is 38.1 Å². The van der Waals surface area contributed by atoms with Crippen LogP contribution in [0.15, 0.2) is 101 Å². The van der Waals surface area contributed by atoms with Crippen LogP contribution in [-0.2, 0) is 21.9 Å². The summed E-state index contributed by atoms with van der Waals surface area (Å²) in [7, 11) is 1.54. The molecule has 1 aromatic heterocycles. The first kappa shape index (κ1) is 35.7. The van der Waals surface area contributed by atoms with Gasteiger partial charge in [0.25, 0.3) is 5.78 Å². The van der Waals surface area contributed by atoms with E-state index in [9.17, 15) is 14.7 Å². The van der Waals surface area contributed by atoms with Gasteiger partial charge in [0.05, 0.1) is 25.3 Å². The Hall–Kier alpha value is -5.13. The first-order chi connectivity index (χ1) is 24.8. The molecule has 262 valence electrons. The van der Waals surface area contributed by atoms with E-state index in [4.69, 9.17) is 14.2 Å². The number of aromatic nitrogens is 2. The maximum absolute atomic E-state index is 13.8. The lowest BCUT2D eigenvalue weighted by atomic mass is 9.95.